The van der Waals surface area contributed by atoms with Gasteiger partial charge >= 0.3 is 5.97 Å². The van der Waals surface area contributed by atoms with Crippen LogP contribution in [0.15, 0.2) is 36.4 Å². The van der Waals surface area contributed by atoms with Crippen LogP contribution in [0.25, 0.3) is 10.9 Å². The first-order valence-corrected chi connectivity index (χ1v) is 10.1. The van der Waals surface area contributed by atoms with Gasteiger partial charge in [0, 0.05) is 16.6 Å². The Morgan fingerprint density at radius 2 is 1.86 bits per heavy atom. The minimum absolute atomic E-state index is 0.0111. The van der Waals surface area contributed by atoms with Crippen molar-refractivity contribution in [3.05, 3.63) is 63.3 Å². The summed E-state index contributed by atoms with van der Waals surface area (Å²) in [5.41, 5.74) is 2.21. The topological polar surface area (TPSA) is 68.5 Å². The van der Waals surface area contributed by atoms with Crippen molar-refractivity contribution in [1.82, 2.24) is 4.57 Å². The second-order valence-corrected chi connectivity index (χ2v) is 7.60. The molecule has 2 aromatic carbocycles. The third-order valence-corrected chi connectivity index (χ3v) is 5.51. The number of unbranched alkanes of at least 4 members (excludes halogenated alkanes) is 1. The molecule has 0 aliphatic heterocycles. The molecular formula is C22H21Cl2NO4. The highest BCUT2D eigenvalue weighted by Crippen LogP contribution is 2.31. The van der Waals surface area contributed by atoms with Crippen molar-refractivity contribution < 1.29 is 19.4 Å². The molecule has 3 aromatic rings. The molecule has 5 nitrogen and oxygen atoms in total. The average molecular weight is 434 g/mol. The highest BCUT2D eigenvalue weighted by molar-refractivity contribution is 6.42. The standard InChI is InChI=1S/C22H21Cl2NO4/c1-3-4-9-29-21(27)12-16-13(2)25(20-8-6-15(26)11-17(16)20)22(28)14-5-7-18(23)19(24)10-14/h5-8,10-11,26H,3-4,9,12H2,1-2H3. The van der Waals surface area contributed by atoms with Gasteiger partial charge in [-0.15, -0.1) is 0 Å². The maximum atomic E-state index is 13.2. The number of ether oxygens (including phenoxy) is 1. The molecule has 0 radical (unpaired) electrons. The molecule has 0 unspecified atom stereocenters. The first-order valence-electron chi connectivity index (χ1n) is 9.31. The van der Waals surface area contributed by atoms with E-state index >= 15 is 0 Å². The van der Waals surface area contributed by atoms with Crippen LogP contribution in [0.2, 0.25) is 10.0 Å². The van der Waals surface area contributed by atoms with Crippen molar-refractivity contribution in [2.45, 2.75) is 33.1 Å². The number of phenols is 1. The van der Waals surface area contributed by atoms with Gasteiger partial charge in [-0.3, -0.25) is 14.2 Å². The molecule has 0 saturated carbocycles. The van der Waals surface area contributed by atoms with E-state index in [0.717, 1.165) is 12.8 Å². The van der Waals surface area contributed by atoms with E-state index in [0.29, 0.717) is 39.4 Å². The fraction of sp³-hybridized carbons (Fsp3) is 0.273. The number of phenolic OH excluding ortho intramolecular Hbond substituents is 1. The first-order chi connectivity index (χ1) is 13.8. The molecule has 0 aliphatic carbocycles. The summed E-state index contributed by atoms with van der Waals surface area (Å²) in [6, 6.07) is 9.38. The highest BCUT2D eigenvalue weighted by Gasteiger charge is 2.22. The van der Waals surface area contributed by atoms with Gasteiger partial charge < -0.3 is 9.84 Å². The SMILES string of the molecule is CCCCOC(=O)Cc1c(C)n(C(=O)c2ccc(Cl)c(Cl)c2)c2ccc(O)cc12. The number of aromatic nitrogens is 1. The Hall–Kier alpha value is -2.50. The van der Waals surface area contributed by atoms with Gasteiger partial charge in [-0.25, -0.2) is 0 Å². The van der Waals surface area contributed by atoms with E-state index in [1.807, 2.05) is 6.92 Å². The van der Waals surface area contributed by atoms with Crippen LogP contribution in [0.4, 0.5) is 0 Å². The molecule has 1 N–H and O–H groups in total. The molecule has 29 heavy (non-hydrogen) atoms. The number of benzene rings is 2. The summed E-state index contributed by atoms with van der Waals surface area (Å²) in [6.45, 7) is 4.14. The lowest BCUT2D eigenvalue weighted by Gasteiger charge is -2.09. The van der Waals surface area contributed by atoms with Crippen LogP contribution >= 0.6 is 23.2 Å². The van der Waals surface area contributed by atoms with E-state index in [1.54, 1.807) is 31.2 Å². The second kappa shape index (κ2) is 8.89. The Kier molecular flexibility index (Phi) is 6.50. The monoisotopic (exact) mass is 433 g/mol. The van der Waals surface area contributed by atoms with Gasteiger partial charge in [-0.2, -0.15) is 0 Å². The van der Waals surface area contributed by atoms with Gasteiger partial charge in [0.15, 0.2) is 0 Å². The Balaban J connectivity index is 2.06. The summed E-state index contributed by atoms with van der Waals surface area (Å²) in [4.78, 5) is 25.5. The fourth-order valence-corrected chi connectivity index (χ4v) is 3.54. The second-order valence-electron chi connectivity index (χ2n) is 6.79. The molecule has 0 saturated heterocycles. The van der Waals surface area contributed by atoms with E-state index in [-0.39, 0.29) is 29.1 Å². The summed E-state index contributed by atoms with van der Waals surface area (Å²) in [7, 11) is 0. The Labute approximate surface area is 178 Å². The number of carbonyl (C=O) groups excluding carboxylic acids is 2. The van der Waals surface area contributed by atoms with Crippen LogP contribution in [0.3, 0.4) is 0 Å². The number of aromatic hydroxyl groups is 1. The van der Waals surface area contributed by atoms with E-state index in [4.69, 9.17) is 27.9 Å². The van der Waals surface area contributed by atoms with E-state index < -0.39 is 0 Å². The summed E-state index contributed by atoms with van der Waals surface area (Å²) >= 11 is 12.0. The molecule has 0 bridgehead atoms. The number of carbonyl (C=O) groups is 2. The quantitative estimate of drug-likeness (QED) is 0.409. The maximum Gasteiger partial charge on any atom is 0.310 e. The molecule has 0 atom stereocenters. The van der Waals surface area contributed by atoms with E-state index in [1.165, 1.54) is 16.7 Å². The van der Waals surface area contributed by atoms with Crippen molar-refractivity contribution in [3.63, 3.8) is 0 Å². The van der Waals surface area contributed by atoms with Crippen LogP contribution in [0.5, 0.6) is 5.75 Å². The number of nitrogens with zero attached hydrogens (tertiary/aromatic N) is 1. The smallest absolute Gasteiger partial charge is 0.310 e. The zero-order valence-corrected chi connectivity index (χ0v) is 17.7. The summed E-state index contributed by atoms with van der Waals surface area (Å²) < 4.78 is 6.79. The van der Waals surface area contributed by atoms with E-state index in [9.17, 15) is 14.7 Å². The zero-order valence-electron chi connectivity index (χ0n) is 16.2. The third-order valence-electron chi connectivity index (χ3n) is 4.77. The number of esters is 1. The Bertz CT molecular complexity index is 1090. The predicted molar refractivity (Wildman–Crippen MR) is 114 cm³/mol. The third kappa shape index (κ3) is 4.41. The molecule has 0 fully saturated rings. The molecule has 0 spiro atoms. The van der Waals surface area contributed by atoms with Crippen LogP contribution in [0, 0.1) is 6.92 Å². The molecule has 7 heteroatoms. The average Bonchev–Trinajstić information content (AvgIpc) is 2.95. The summed E-state index contributed by atoms with van der Waals surface area (Å²) in [6.07, 6.45) is 1.73. The molecule has 1 aromatic heterocycles. The lowest BCUT2D eigenvalue weighted by Crippen LogP contribution is -2.15. The Morgan fingerprint density at radius 3 is 2.55 bits per heavy atom. The number of rotatable bonds is 6. The van der Waals surface area contributed by atoms with Gasteiger partial charge in [-0.1, -0.05) is 36.5 Å². The van der Waals surface area contributed by atoms with Crippen LogP contribution in [-0.2, 0) is 16.0 Å². The molecule has 0 aliphatic rings. The molecule has 0 amide bonds. The van der Waals surface area contributed by atoms with Crippen molar-refractivity contribution >= 4 is 46.0 Å². The molecular weight excluding hydrogens is 413 g/mol. The minimum Gasteiger partial charge on any atom is -0.508 e. The lowest BCUT2D eigenvalue weighted by molar-refractivity contribution is -0.142. The van der Waals surface area contributed by atoms with Crippen molar-refractivity contribution in [1.29, 1.82) is 0 Å². The molecule has 3 rings (SSSR count). The van der Waals surface area contributed by atoms with E-state index in [2.05, 4.69) is 0 Å². The van der Waals surface area contributed by atoms with Gasteiger partial charge in [0.1, 0.15) is 5.75 Å². The lowest BCUT2D eigenvalue weighted by atomic mass is 10.1. The van der Waals surface area contributed by atoms with Gasteiger partial charge in [0.25, 0.3) is 5.91 Å². The highest BCUT2D eigenvalue weighted by atomic mass is 35.5. The fourth-order valence-electron chi connectivity index (χ4n) is 3.24. The summed E-state index contributed by atoms with van der Waals surface area (Å²) in [5.74, 6) is -0.620. The van der Waals surface area contributed by atoms with Crippen LogP contribution in [-0.4, -0.2) is 28.2 Å². The van der Waals surface area contributed by atoms with Gasteiger partial charge in [-0.05, 0) is 55.3 Å². The van der Waals surface area contributed by atoms with Gasteiger partial charge in [0.05, 0.1) is 28.6 Å². The number of fused-ring (bicyclic) bond motifs is 1. The zero-order chi connectivity index (χ0) is 21.1. The predicted octanol–water partition coefficient (Wildman–Crippen LogP) is 5.54. The molecule has 1 heterocycles. The Morgan fingerprint density at radius 1 is 1.10 bits per heavy atom. The van der Waals surface area contributed by atoms with Crippen LogP contribution in [0.1, 0.15) is 41.4 Å². The summed E-state index contributed by atoms with van der Waals surface area (Å²) in [5, 5.41) is 11.2. The van der Waals surface area contributed by atoms with Crippen molar-refractivity contribution in [3.8, 4) is 5.75 Å². The first kappa shape index (κ1) is 21.2. The minimum atomic E-state index is -0.370. The maximum absolute atomic E-state index is 13.2. The number of halogens is 2. The largest absolute Gasteiger partial charge is 0.508 e. The normalized spacial score (nSPS) is 11.0. The van der Waals surface area contributed by atoms with Crippen LogP contribution < -0.4 is 0 Å². The number of hydrogen-bond acceptors (Lipinski definition) is 4. The molecule has 152 valence electrons. The van der Waals surface area contributed by atoms with Gasteiger partial charge in [0.2, 0.25) is 0 Å². The number of hydrogen-bond donors (Lipinski definition) is 1. The van der Waals surface area contributed by atoms with Crippen molar-refractivity contribution in [2.24, 2.45) is 0 Å². The van der Waals surface area contributed by atoms with Crippen molar-refractivity contribution in [2.75, 3.05) is 6.61 Å².